The van der Waals surface area contributed by atoms with Gasteiger partial charge in [0.05, 0.1) is 6.10 Å². The van der Waals surface area contributed by atoms with Gasteiger partial charge in [0.25, 0.3) is 0 Å². The number of fused-ring (bicyclic) bond motifs is 1. The Kier molecular flexibility index (Phi) is 2.73. The zero-order valence-corrected chi connectivity index (χ0v) is 8.44. The van der Waals surface area contributed by atoms with E-state index in [4.69, 9.17) is 4.74 Å². The van der Waals surface area contributed by atoms with E-state index in [1.54, 1.807) is 0 Å². The Labute approximate surface area is 84.5 Å². The minimum Gasteiger partial charge on any atom is -0.487 e. The number of para-hydroxylation sites is 1. The summed E-state index contributed by atoms with van der Waals surface area (Å²) < 4.78 is 5.73. The average Bonchev–Trinajstić information content (AvgIpc) is 2.27. The van der Waals surface area contributed by atoms with Gasteiger partial charge in [-0.2, -0.15) is 0 Å². The third-order valence-corrected chi connectivity index (χ3v) is 2.80. The molecule has 2 heteroatoms. The molecule has 0 amide bonds. The lowest BCUT2D eigenvalue weighted by Crippen LogP contribution is -2.34. The van der Waals surface area contributed by atoms with Crippen LogP contribution in [0.3, 0.4) is 0 Å². The zero-order chi connectivity index (χ0) is 9.97. The summed E-state index contributed by atoms with van der Waals surface area (Å²) in [5.41, 5.74) is 1.26. The van der Waals surface area contributed by atoms with Gasteiger partial charge in [-0.15, -0.1) is 0 Å². The first-order valence-corrected chi connectivity index (χ1v) is 5.24. The summed E-state index contributed by atoms with van der Waals surface area (Å²) >= 11 is 0. The third-order valence-electron chi connectivity index (χ3n) is 2.80. The average molecular weight is 192 g/mol. The Morgan fingerprint density at radius 2 is 2.29 bits per heavy atom. The number of ether oxygens (including phenoxy) is 1. The van der Waals surface area contributed by atoms with Crippen molar-refractivity contribution in [3.05, 3.63) is 29.8 Å². The number of benzene rings is 1. The molecule has 0 unspecified atom stereocenters. The first-order chi connectivity index (χ1) is 6.81. The van der Waals surface area contributed by atoms with E-state index in [1.165, 1.54) is 5.56 Å². The fraction of sp³-hybridized carbons (Fsp3) is 0.500. The zero-order valence-electron chi connectivity index (χ0n) is 8.44. The van der Waals surface area contributed by atoms with E-state index in [2.05, 4.69) is 6.07 Å². The molecule has 76 valence electrons. The van der Waals surface area contributed by atoms with Gasteiger partial charge < -0.3 is 9.84 Å². The number of hydrogen-bond acceptors (Lipinski definition) is 2. The molecule has 1 heterocycles. The van der Waals surface area contributed by atoms with Crippen LogP contribution in [0.2, 0.25) is 0 Å². The van der Waals surface area contributed by atoms with Gasteiger partial charge >= 0.3 is 0 Å². The number of aliphatic hydroxyl groups excluding tert-OH is 1. The Bertz CT molecular complexity index is 309. The molecule has 0 saturated carbocycles. The molecule has 1 aliphatic rings. The highest BCUT2D eigenvalue weighted by molar-refractivity contribution is 5.35. The van der Waals surface area contributed by atoms with E-state index in [0.717, 1.165) is 25.0 Å². The standard InChI is InChI=1S/C12H16O2/c1-2-10(13)12-8-7-9-5-3-4-6-11(9)14-12/h3-6,10,12-13H,2,7-8H2,1H3/t10-,12-/m1/s1. The molecule has 1 aromatic carbocycles. The van der Waals surface area contributed by atoms with Gasteiger partial charge in [0.15, 0.2) is 0 Å². The maximum absolute atomic E-state index is 9.68. The van der Waals surface area contributed by atoms with Crippen molar-refractivity contribution in [3.63, 3.8) is 0 Å². The van der Waals surface area contributed by atoms with E-state index >= 15 is 0 Å². The van der Waals surface area contributed by atoms with Gasteiger partial charge in [0, 0.05) is 0 Å². The monoisotopic (exact) mass is 192 g/mol. The molecular weight excluding hydrogens is 176 g/mol. The summed E-state index contributed by atoms with van der Waals surface area (Å²) in [6, 6.07) is 8.06. The predicted molar refractivity (Wildman–Crippen MR) is 55.5 cm³/mol. The van der Waals surface area contributed by atoms with Crippen LogP contribution in [0.25, 0.3) is 0 Å². The van der Waals surface area contributed by atoms with Crippen molar-refractivity contribution in [2.24, 2.45) is 0 Å². The Balaban J connectivity index is 2.13. The van der Waals surface area contributed by atoms with Crippen molar-refractivity contribution < 1.29 is 9.84 Å². The van der Waals surface area contributed by atoms with Crippen LogP contribution >= 0.6 is 0 Å². The highest BCUT2D eigenvalue weighted by Gasteiger charge is 2.24. The van der Waals surface area contributed by atoms with Gasteiger partial charge in [-0.3, -0.25) is 0 Å². The number of hydrogen-bond donors (Lipinski definition) is 1. The van der Waals surface area contributed by atoms with Gasteiger partial charge in [0.1, 0.15) is 11.9 Å². The topological polar surface area (TPSA) is 29.5 Å². The lowest BCUT2D eigenvalue weighted by Gasteiger charge is -2.28. The van der Waals surface area contributed by atoms with Crippen LogP contribution in [-0.2, 0) is 6.42 Å². The Morgan fingerprint density at radius 3 is 3.07 bits per heavy atom. The minimum absolute atomic E-state index is 0.0186. The van der Waals surface area contributed by atoms with Gasteiger partial charge in [-0.05, 0) is 30.9 Å². The number of aliphatic hydroxyl groups is 1. The third kappa shape index (κ3) is 1.75. The fourth-order valence-electron chi connectivity index (χ4n) is 1.88. The van der Waals surface area contributed by atoms with Crippen molar-refractivity contribution in [1.29, 1.82) is 0 Å². The summed E-state index contributed by atoms with van der Waals surface area (Å²) in [5, 5.41) is 9.68. The Hall–Kier alpha value is -1.02. The molecule has 0 aromatic heterocycles. The SMILES string of the molecule is CC[C@@H](O)[C@H]1CCc2ccccc2O1. The molecule has 0 bridgehead atoms. The van der Waals surface area contributed by atoms with E-state index in [0.29, 0.717) is 0 Å². The van der Waals surface area contributed by atoms with Crippen molar-refractivity contribution in [2.45, 2.75) is 38.4 Å². The quantitative estimate of drug-likeness (QED) is 0.778. The van der Waals surface area contributed by atoms with E-state index in [-0.39, 0.29) is 12.2 Å². The molecular formula is C12H16O2. The van der Waals surface area contributed by atoms with Crippen molar-refractivity contribution in [1.82, 2.24) is 0 Å². The van der Waals surface area contributed by atoms with Crippen molar-refractivity contribution in [2.75, 3.05) is 0 Å². The normalized spacial score (nSPS) is 22.3. The molecule has 0 aliphatic carbocycles. The van der Waals surface area contributed by atoms with Gasteiger partial charge in [0.2, 0.25) is 0 Å². The molecule has 1 aliphatic heterocycles. The molecule has 2 rings (SSSR count). The fourth-order valence-corrected chi connectivity index (χ4v) is 1.88. The van der Waals surface area contributed by atoms with Crippen LogP contribution in [0.15, 0.2) is 24.3 Å². The summed E-state index contributed by atoms with van der Waals surface area (Å²) in [6.45, 7) is 1.98. The molecule has 14 heavy (non-hydrogen) atoms. The maximum Gasteiger partial charge on any atom is 0.125 e. The molecule has 2 nitrogen and oxygen atoms in total. The van der Waals surface area contributed by atoms with Crippen molar-refractivity contribution >= 4 is 0 Å². The minimum atomic E-state index is -0.330. The van der Waals surface area contributed by atoms with Crippen LogP contribution in [0.1, 0.15) is 25.3 Å². The lowest BCUT2D eigenvalue weighted by atomic mass is 9.98. The molecule has 0 fully saturated rings. The van der Waals surface area contributed by atoms with Crippen LogP contribution in [0.4, 0.5) is 0 Å². The van der Waals surface area contributed by atoms with Crippen molar-refractivity contribution in [3.8, 4) is 5.75 Å². The van der Waals surface area contributed by atoms with Crippen LogP contribution in [0, 0.1) is 0 Å². The molecule has 0 saturated heterocycles. The molecule has 2 atom stereocenters. The molecule has 0 radical (unpaired) electrons. The first kappa shape index (κ1) is 9.53. The number of aryl methyl sites for hydroxylation is 1. The molecule has 1 aromatic rings. The summed E-state index contributed by atoms with van der Waals surface area (Å²) in [6.07, 6.45) is 2.34. The predicted octanol–water partition coefficient (Wildman–Crippen LogP) is 2.15. The number of rotatable bonds is 2. The molecule has 0 spiro atoms. The lowest BCUT2D eigenvalue weighted by molar-refractivity contribution is 0.0220. The first-order valence-electron chi connectivity index (χ1n) is 5.24. The second-order valence-electron chi connectivity index (χ2n) is 3.78. The Morgan fingerprint density at radius 1 is 1.50 bits per heavy atom. The highest BCUT2D eigenvalue weighted by atomic mass is 16.5. The smallest absolute Gasteiger partial charge is 0.125 e. The summed E-state index contributed by atoms with van der Waals surface area (Å²) in [5.74, 6) is 0.941. The second kappa shape index (κ2) is 4.01. The van der Waals surface area contributed by atoms with E-state index in [1.807, 2.05) is 25.1 Å². The van der Waals surface area contributed by atoms with Crippen LogP contribution in [-0.4, -0.2) is 17.3 Å². The summed E-state index contributed by atoms with van der Waals surface area (Å²) in [4.78, 5) is 0. The van der Waals surface area contributed by atoms with Gasteiger partial charge in [-0.25, -0.2) is 0 Å². The van der Waals surface area contributed by atoms with Crippen LogP contribution in [0.5, 0.6) is 5.75 Å². The van der Waals surface area contributed by atoms with E-state index in [9.17, 15) is 5.11 Å². The highest BCUT2D eigenvalue weighted by Crippen LogP contribution is 2.28. The second-order valence-corrected chi connectivity index (χ2v) is 3.78. The van der Waals surface area contributed by atoms with Gasteiger partial charge in [-0.1, -0.05) is 25.1 Å². The molecule has 1 N–H and O–H groups in total. The van der Waals surface area contributed by atoms with E-state index < -0.39 is 0 Å². The van der Waals surface area contributed by atoms with Crippen LogP contribution < -0.4 is 4.74 Å². The maximum atomic E-state index is 9.68. The summed E-state index contributed by atoms with van der Waals surface area (Å²) in [7, 11) is 0. The largest absolute Gasteiger partial charge is 0.487 e.